The van der Waals surface area contributed by atoms with Gasteiger partial charge in [0.15, 0.2) is 0 Å². The first kappa shape index (κ1) is 10.3. The van der Waals surface area contributed by atoms with Gasteiger partial charge in [-0.3, -0.25) is 0 Å². The fraction of sp³-hybridized carbons (Fsp3) is 0.538. The van der Waals surface area contributed by atoms with E-state index in [4.69, 9.17) is 4.74 Å². The molecule has 0 aromatic heterocycles. The lowest BCUT2D eigenvalue weighted by Gasteiger charge is -2.33. The van der Waals surface area contributed by atoms with Crippen LogP contribution >= 0.6 is 0 Å². The molecular weight excluding hydrogens is 188 g/mol. The van der Waals surface area contributed by atoms with Gasteiger partial charge in [0.25, 0.3) is 0 Å². The van der Waals surface area contributed by atoms with Crippen LogP contribution in [0.5, 0.6) is 11.5 Å². The molecule has 15 heavy (non-hydrogen) atoms. The second kappa shape index (κ2) is 3.16. The Kier molecular flexibility index (Phi) is 2.18. The molecule has 0 fully saturated rings. The zero-order valence-electron chi connectivity index (χ0n) is 9.85. The molecule has 0 spiro atoms. The molecule has 1 aliphatic rings. The highest BCUT2D eigenvalue weighted by molar-refractivity contribution is 5.53. The van der Waals surface area contributed by atoms with Crippen LogP contribution in [0, 0.1) is 13.8 Å². The molecule has 2 nitrogen and oxygen atoms in total. The van der Waals surface area contributed by atoms with Crippen molar-refractivity contribution in [2.24, 2.45) is 0 Å². The van der Waals surface area contributed by atoms with Crippen LogP contribution in [0.3, 0.4) is 0 Å². The molecule has 1 aromatic carbocycles. The van der Waals surface area contributed by atoms with Crippen molar-refractivity contribution >= 4 is 0 Å². The number of hydrogen-bond donors (Lipinski definition) is 1. The maximum Gasteiger partial charge on any atom is 0.124 e. The van der Waals surface area contributed by atoms with E-state index in [0.29, 0.717) is 5.75 Å². The van der Waals surface area contributed by atoms with Crippen LogP contribution in [-0.2, 0) is 6.42 Å². The second-order valence-electron chi connectivity index (χ2n) is 5.01. The Labute approximate surface area is 90.9 Å². The highest BCUT2D eigenvalue weighted by atomic mass is 16.5. The fourth-order valence-corrected chi connectivity index (χ4v) is 2.15. The van der Waals surface area contributed by atoms with Crippen molar-refractivity contribution in [3.05, 3.63) is 22.8 Å². The molecule has 2 heteroatoms. The molecule has 0 amide bonds. The smallest absolute Gasteiger partial charge is 0.124 e. The average Bonchev–Trinajstić information content (AvgIpc) is 2.12. The monoisotopic (exact) mass is 206 g/mol. The Morgan fingerprint density at radius 2 is 2.00 bits per heavy atom. The molecule has 2 rings (SSSR count). The Hall–Kier alpha value is -1.18. The van der Waals surface area contributed by atoms with Gasteiger partial charge in [-0.2, -0.15) is 0 Å². The van der Waals surface area contributed by atoms with Gasteiger partial charge in [0.2, 0.25) is 0 Å². The summed E-state index contributed by atoms with van der Waals surface area (Å²) in [5.41, 5.74) is 2.95. The van der Waals surface area contributed by atoms with Crippen LogP contribution in [0.4, 0.5) is 0 Å². The molecular formula is C13H18O2. The third-order valence-electron chi connectivity index (χ3n) is 3.19. The lowest BCUT2D eigenvalue weighted by Crippen LogP contribution is -2.32. The second-order valence-corrected chi connectivity index (χ2v) is 5.01. The Morgan fingerprint density at radius 3 is 2.67 bits per heavy atom. The van der Waals surface area contributed by atoms with Crippen LogP contribution in [-0.4, -0.2) is 10.7 Å². The first-order valence-corrected chi connectivity index (χ1v) is 5.42. The van der Waals surface area contributed by atoms with Gasteiger partial charge in [-0.25, -0.2) is 0 Å². The summed E-state index contributed by atoms with van der Waals surface area (Å²) in [5.74, 6) is 1.36. The fourth-order valence-electron chi connectivity index (χ4n) is 2.15. The van der Waals surface area contributed by atoms with Gasteiger partial charge in [-0.05, 0) is 57.7 Å². The largest absolute Gasteiger partial charge is 0.507 e. The highest BCUT2D eigenvalue weighted by Crippen LogP contribution is 2.39. The van der Waals surface area contributed by atoms with Gasteiger partial charge in [-0.1, -0.05) is 0 Å². The summed E-state index contributed by atoms with van der Waals surface area (Å²) in [6.07, 6.45) is 1.99. The third-order valence-corrected chi connectivity index (χ3v) is 3.19. The number of hydrogen-bond acceptors (Lipinski definition) is 2. The van der Waals surface area contributed by atoms with Crippen molar-refractivity contribution < 1.29 is 9.84 Å². The molecule has 0 aliphatic carbocycles. The van der Waals surface area contributed by atoms with Crippen LogP contribution in [0.25, 0.3) is 0 Å². The van der Waals surface area contributed by atoms with Crippen LogP contribution in [0.2, 0.25) is 0 Å². The highest BCUT2D eigenvalue weighted by Gasteiger charge is 2.28. The summed E-state index contributed by atoms with van der Waals surface area (Å²) in [4.78, 5) is 0. The van der Waals surface area contributed by atoms with Crippen molar-refractivity contribution in [3.63, 3.8) is 0 Å². The number of ether oxygens (including phenoxy) is 1. The molecule has 1 N–H and O–H groups in total. The van der Waals surface area contributed by atoms with Gasteiger partial charge in [0, 0.05) is 5.56 Å². The summed E-state index contributed by atoms with van der Waals surface area (Å²) in [6, 6.07) is 1.94. The zero-order valence-corrected chi connectivity index (χ0v) is 9.85. The Bertz CT molecular complexity index is 405. The molecule has 0 unspecified atom stereocenters. The maximum atomic E-state index is 9.84. The molecule has 0 atom stereocenters. The number of phenols is 1. The molecule has 1 aliphatic heterocycles. The molecule has 0 saturated heterocycles. The Morgan fingerprint density at radius 1 is 1.33 bits per heavy atom. The van der Waals surface area contributed by atoms with E-state index in [1.807, 2.05) is 19.9 Å². The van der Waals surface area contributed by atoms with E-state index >= 15 is 0 Å². The van der Waals surface area contributed by atoms with Crippen molar-refractivity contribution in [2.75, 3.05) is 0 Å². The summed E-state index contributed by atoms with van der Waals surface area (Å²) < 4.78 is 5.92. The topological polar surface area (TPSA) is 29.5 Å². The summed E-state index contributed by atoms with van der Waals surface area (Å²) in [5, 5.41) is 9.84. The van der Waals surface area contributed by atoms with Crippen LogP contribution in [0.15, 0.2) is 6.07 Å². The number of phenolic OH excluding ortho intramolecular Hbond substituents is 1. The Balaban J connectivity index is 2.54. The van der Waals surface area contributed by atoms with Crippen molar-refractivity contribution in [2.45, 2.75) is 46.1 Å². The minimum atomic E-state index is -0.0805. The van der Waals surface area contributed by atoms with E-state index in [-0.39, 0.29) is 5.60 Å². The SMILES string of the molecule is Cc1cc2c(c(C)c1O)CCC(C)(C)O2. The van der Waals surface area contributed by atoms with Crippen molar-refractivity contribution in [3.8, 4) is 11.5 Å². The quantitative estimate of drug-likeness (QED) is 0.706. The van der Waals surface area contributed by atoms with Crippen LogP contribution < -0.4 is 4.74 Å². The van der Waals surface area contributed by atoms with Gasteiger partial charge in [0.05, 0.1) is 0 Å². The van der Waals surface area contributed by atoms with E-state index in [1.165, 1.54) is 0 Å². The molecule has 0 saturated carbocycles. The van der Waals surface area contributed by atoms with Crippen molar-refractivity contribution in [1.29, 1.82) is 0 Å². The minimum absolute atomic E-state index is 0.0805. The molecule has 1 aromatic rings. The first-order chi connectivity index (χ1) is 6.91. The standard InChI is InChI=1S/C13H18O2/c1-8-7-11-10(9(2)12(8)14)5-6-13(3,4)15-11/h7,14H,5-6H2,1-4H3. The number of fused-ring (bicyclic) bond motifs is 1. The summed E-state index contributed by atoms with van der Waals surface area (Å²) >= 11 is 0. The summed E-state index contributed by atoms with van der Waals surface area (Å²) in [6.45, 7) is 8.08. The molecule has 0 bridgehead atoms. The number of aromatic hydroxyl groups is 1. The number of aryl methyl sites for hydroxylation is 1. The van der Waals surface area contributed by atoms with E-state index in [9.17, 15) is 5.11 Å². The van der Waals surface area contributed by atoms with Gasteiger partial charge in [-0.15, -0.1) is 0 Å². The maximum absolute atomic E-state index is 9.84. The van der Waals surface area contributed by atoms with E-state index in [0.717, 1.165) is 35.3 Å². The normalized spacial score (nSPS) is 18.1. The number of rotatable bonds is 0. The van der Waals surface area contributed by atoms with E-state index in [2.05, 4.69) is 13.8 Å². The average molecular weight is 206 g/mol. The lowest BCUT2D eigenvalue weighted by molar-refractivity contribution is 0.0842. The molecule has 82 valence electrons. The van der Waals surface area contributed by atoms with Gasteiger partial charge >= 0.3 is 0 Å². The predicted octanol–water partition coefficient (Wildman–Crippen LogP) is 3.11. The molecule has 0 radical (unpaired) electrons. The van der Waals surface area contributed by atoms with Gasteiger partial charge < -0.3 is 9.84 Å². The zero-order chi connectivity index (χ0) is 11.2. The summed E-state index contributed by atoms with van der Waals surface area (Å²) in [7, 11) is 0. The van der Waals surface area contributed by atoms with Crippen LogP contribution in [0.1, 0.15) is 37.0 Å². The van der Waals surface area contributed by atoms with Crippen molar-refractivity contribution in [1.82, 2.24) is 0 Å². The van der Waals surface area contributed by atoms with E-state index in [1.54, 1.807) is 0 Å². The van der Waals surface area contributed by atoms with Gasteiger partial charge in [0.1, 0.15) is 17.1 Å². The van der Waals surface area contributed by atoms with E-state index < -0.39 is 0 Å². The predicted molar refractivity (Wildman–Crippen MR) is 60.6 cm³/mol. The third kappa shape index (κ3) is 1.69. The molecule has 1 heterocycles. The number of benzene rings is 1. The first-order valence-electron chi connectivity index (χ1n) is 5.42. The minimum Gasteiger partial charge on any atom is -0.507 e. The lowest BCUT2D eigenvalue weighted by atomic mass is 9.90.